The van der Waals surface area contributed by atoms with Gasteiger partial charge in [-0.25, -0.2) is 0 Å². The van der Waals surface area contributed by atoms with Crippen LogP contribution in [0.4, 0.5) is 0 Å². The molecule has 116 valence electrons. The Morgan fingerprint density at radius 2 is 2.00 bits per heavy atom. The van der Waals surface area contributed by atoms with Crippen molar-refractivity contribution in [2.45, 2.75) is 6.61 Å². The van der Waals surface area contributed by atoms with Gasteiger partial charge in [-0.2, -0.15) is 5.10 Å². The molecule has 2 aromatic rings. The summed E-state index contributed by atoms with van der Waals surface area (Å²) in [5.74, 6) is 1.29. The molecular formula is C16H16BrClN2O2. The summed E-state index contributed by atoms with van der Waals surface area (Å²) < 4.78 is 12.1. The molecule has 2 aromatic carbocycles. The lowest BCUT2D eigenvalue weighted by molar-refractivity contribution is 0.282. The van der Waals surface area contributed by atoms with Crippen molar-refractivity contribution in [2.75, 3.05) is 14.2 Å². The van der Waals surface area contributed by atoms with Crippen LogP contribution >= 0.6 is 27.5 Å². The summed E-state index contributed by atoms with van der Waals surface area (Å²) in [6.45, 7) is 0.427. The zero-order chi connectivity index (χ0) is 15.9. The lowest BCUT2D eigenvalue weighted by Gasteiger charge is -2.13. The molecule has 22 heavy (non-hydrogen) atoms. The van der Waals surface area contributed by atoms with E-state index in [2.05, 4.69) is 26.5 Å². The SMILES string of the molecule is CN/N=C/c1cc(Br)c(OCc2ccc(Cl)cc2)c(OC)c1. The van der Waals surface area contributed by atoms with Crippen molar-refractivity contribution in [2.24, 2.45) is 5.10 Å². The maximum Gasteiger partial charge on any atom is 0.175 e. The van der Waals surface area contributed by atoms with E-state index >= 15 is 0 Å². The summed E-state index contributed by atoms with van der Waals surface area (Å²) in [5, 5.41) is 4.69. The molecule has 0 aliphatic heterocycles. The second-order valence-electron chi connectivity index (χ2n) is 4.43. The number of nitrogens with one attached hydrogen (secondary N) is 1. The van der Waals surface area contributed by atoms with E-state index in [9.17, 15) is 0 Å². The van der Waals surface area contributed by atoms with Crippen LogP contribution in [-0.4, -0.2) is 20.4 Å². The van der Waals surface area contributed by atoms with Gasteiger partial charge in [-0.3, -0.25) is 0 Å². The molecule has 1 N–H and O–H groups in total. The Bertz CT molecular complexity index is 660. The highest BCUT2D eigenvalue weighted by atomic mass is 79.9. The molecule has 0 radical (unpaired) electrons. The zero-order valence-corrected chi connectivity index (χ0v) is 14.6. The van der Waals surface area contributed by atoms with Crippen LogP contribution in [-0.2, 0) is 6.61 Å². The minimum atomic E-state index is 0.427. The number of ether oxygens (including phenoxy) is 2. The van der Waals surface area contributed by atoms with E-state index in [1.807, 2.05) is 36.4 Å². The van der Waals surface area contributed by atoms with Crippen molar-refractivity contribution in [3.05, 3.63) is 57.0 Å². The predicted molar refractivity (Wildman–Crippen MR) is 93.1 cm³/mol. The largest absolute Gasteiger partial charge is 0.493 e. The van der Waals surface area contributed by atoms with Crippen molar-refractivity contribution >= 4 is 33.7 Å². The first-order valence-electron chi connectivity index (χ1n) is 6.58. The Labute approximate surface area is 143 Å². The molecule has 0 aliphatic rings. The number of rotatable bonds is 6. The lowest BCUT2D eigenvalue weighted by Crippen LogP contribution is -2.00. The molecule has 0 aliphatic carbocycles. The van der Waals surface area contributed by atoms with Crippen LogP contribution in [0.3, 0.4) is 0 Å². The van der Waals surface area contributed by atoms with Gasteiger partial charge in [0.15, 0.2) is 11.5 Å². The molecule has 0 unspecified atom stereocenters. The molecule has 0 saturated carbocycles. The number of benzene rings is 2. The third kappa shape index (κ3) is 4.39. The second kappa shape index (κ2) is 8.06. The van der Waals surface area contributed by atoms with E-state index in [1.165, 1.54) is 0 Å². The molecule has 0 atom stereocenters. The van der Waals surface area contributed by atoms with Gasteiger partial charge in [0, 0.05) is 12.1 Å². The smallest absolute Gasteiger partial charge is 0.175 e. The number of nitrogens with zero attached hydrogens (tertiary/aromatic N) is 1. The Kier molecular flexibility index (Phi) is 6.10. The Morgan fingerprint density at radius 3 is 2.64 bits per heavy atom. The summed E-state index contributed by atoms with van der Waals surface area (Å²) in [6, 6.07) is 11.3. The first-order valence-corrected chi connectivity index (χ1v) is 7.75. The monoisotopic (exact) mass is 382 g/mol. The third-order valence-electron chi connectivity index (χ3n) is 2.89. The molecule has 0 spiro atoms. The Morgan fingerprint density at radius 1 is 1.27 bits per heavy atom. The summed E-state index contributed by atoms with van der Waals surface area (Å²) in [7, 11) is 3.35. The fraction of sp³-hybridized carbons (Fsp3) is 0.188. The minimum absolute atomic E-state index is 0.427. The van der Waals surface area contributed by atoms with Crippen LogP contribution < -0.4 is 14.9 Å². The Hall–Kier alpha value is -1.72. The average Bonchev–Trinajstić information content (AvgIpc) is 2.53. The first-order chi connectivity index (χ1) is 10.6. The van der Waals surface area contributed by atoms with Gasteiger partial charge in [-0.05, 0) is 51.3 Å². The van der Waals surface area contributed by atoms with Crippen LogP contribution in [0.2, 0.25) is 5.02 Å². The maximum atomic E-state index is 5.88. The van der Waals surface area contributed by atoms with E-state index in [4.69, 9.17) is 21.1 Å². The van der Waals surface area contributed by atoms with E-state index < -0.39 is 0 Å². The molecule has 0 heterocycles. The molecule has 0 aromatic heterocycles. The van der Waals surface area contributed by atoms with Gasteiger partial charge >= 0.3 is 0 Å². The molecule has 2 rings (SSSR count). The fourth-order valence-corrected chi connectivity index (χ4v) is 2.53. The Balaban J connectivity index is 2.19. The van der Waals surface area contributed by atoms with Gasteiger partial charge in [-0.1, -0.05) is 23.7 Å². The fourth-order valence-electron chi connectivity index (χ4n) is 1.83. The third-order valence-corrected chi connectivity index (χ3v) is 3.73. The number of hydrogen-bond donors (Lipinski definition) is 1. The van der Waals surface area contributed by atoms with Crippen LogP contribution in [0.15, 0.2) is 46.0 Å². The lowest BCUT2D eigenvalue weighted by atomic mass is 10.2. The normalized spacial score (nSPS) is 10.7. The van der Waals surface area contributed by atoms with E-state index in [0.717, 1.165) is 15.6 Å². The summed E-state index contributed by atoms with van der Waals surface area (Å²) in [5.41, 5.74) is 4.64. The van der Waals surface area contributed by atoms with Crippen molar-refractivity contribution in [3.63, 3.8) is 0 Å². The average molecular weight is 384 g/mol. The van der Waals surface area contributed by atoms with Crippen LogP contribution in [0.1, 0.15) is 11.1 Å². The second-order valence-corrected chi connectivity index (χ2v) is 5.72. The summed E-state index contributed by atoms with van der Waals surface area (Å²) >= 11 is 9.38. The van der Waals surface area contributed by atoms with E-state index in [-0.39, 0.29) is 0 Å². The van der Waals surface area contributed by atoms with Gasteiger partial charge in [0.2, 0.25) is 0 Å². The number of methoxy groups -OCH3 is 1. The first kappa shape index (κ1) is 16.6. The molecule has 0 saturated heterocycles. The van der Waals surface area contributed by atoms with E-state index in [1.54, 1.807) is 20.4 Å². The predicted octanol–water partition coefficient (Wildman–Crippen LogP) is 4.24. The van der Waals surface area contributed by atoms with Crippen LogP contribution in [0.5, 0.6) is 11.5 Å². The van der Waals surface area contributed by atoms with Crippen LogP contribution in [0, 0.1) is 0 Å². The van der Waals surface area contributed by atoms with Crippen molar-refractivity contribution < 1.29 is 9.47 Å². The maximum absolute atomic E-state index is 5.88. The summed E-state index contributed by atoms with van der Waals surface area (Å²) in [6.07, 6.45) is 1.70. The van der Waals surface area contributed by atoms with Gasteiger partial charge in [0.05, 0.1) is 17.8 Å². The standard InChI is InChI=1S/C16H16BrClN2O2/c1-19-20-9-12-7-14(17)16(15(8-12)21-2)22-10-11-3-5-13(18)6-4-11/h3-9,19H,10H2,1-2H3/b20-9+. The number of hydrogen-bond acceptors (Lipinski definition) is 4. The van der Waals surface area contributed by atoms with Gasteiger partial charge < -0.3 is 14.9 Å². The molecule has 0 fully saturated rings. The number of hydrazone groups is 1. The highest BCUT2D eigenvalue weighted by Crippen LogP contribution is 2.36. The van der Waals surface area contributed by atoms with Crippen molar-refractivity contribution in [3.8, 4) is 11.5 Å². The molecular weight excluding hydrogens is 368 g/mol. The van der Waals surface area contributed by atoms with Gasteiger partial charge in [-0.15, -0.1) is 0 Å². The van der Waals surface area contributed by atoms with Gasteiger partial charge in [0.25, 0.3) is 0 Å². The molecule has 4 nitrogen and oxygen atoms in total. The molecule has 0 bridgehead atoms. The van der Waals surface area contributed by atoms with Crippen LogP contribution in [0.25, 0.3) is 0 Å². The van der Waals surface area contributed by atoms with Crippen molar-refractivity contribution in [1.29, 1.82) is 0 Å². The van der Waals surface area contributed by atoms with Crippen molar-refractivity contribution in [1.82, 2.24) is 5.43 Å². The minimum Gasteiger partial charge on any atom is -0.493 e. The number of halogens is 2. The zero-order valence-electron chi connectivity index (χ0n) is 12.3. The topological polar surface area (TPSA) is 42.9 Å². The quantitative estimate of drug-likeness (QED) is 0.599. The van der Waals surface area contributed by atoms with E-state index in [0.29, 0.717) is 23.1 Å². The van der Waals surface area contributed by atoms with Gasteiger partial charge in [0.1, 0.15) is 6.61 Å². The molecule has 6 heteroatoms. The highest BCUT2D eigenvalue weighted by molar-refractivity contribution is 9.10. The highest BCUT2D eigenvalue weighted by Gasteiger charge is 2.11. The molecule has 0 amide bonds. The summed E-state index contributed by atoms with van der Waals surface area (Å²) in [4.78, 5) is 0.